The van der Waals surface area contributed by atoms with Gasteiger partial charge in [0.1, 0.15) is 0 Å². The summed E-state index contributed by atoms with van der Waals surface area (Å²) in [6.07, 6.45) is 0. The molecular weight excluding hydrogens is 368 g/mol. The highest BCUT2D eigenvalue weighted by Gasteiger charge is 2.24. The fraction of sp³-hybridized carbons (Fsp3) is 0.316. The van der Waals surface area contributed by atoms with Crippen molar-refractivity contribution in [2.24, 2.45) is 0 Å². The van der Waals surface area contributed by atoms with E-state index in [1.54, 1.807) is 0 Å². The highest BCUT2D eigenvalue weighted by atomic mass is 32.2. The number of aryl methyl sites for hydroxylation is 2. The van der Waals surface area contributed by atoms with E-state index in [-0.39, 0.29) is 11.4 Å². The first kappa shape index (κ1) is 20.7. The lowest BCUT2D eigenvalue weighted by molar-refractivity contribution is -0.116. The van der Waals surface area contributed by atoms with Gasteiger partial charge in [-0.25, -0.2) is 8.42 Å². The highest BCUT2D eigenvalue weighted by Crippen LogP contribution is 2.30. The molecule has 0 aliphatic rings. The number of carbonyl (C=O) groups is 1. The number of sulfonamides is 1. The van der Waals surface area contributed by atoms with Crippen LogP contribution in [0.3, 0.4) is 0 Å². The third-order valence-corrected chi connectivity index (χ3v) is 5.73. The molecule has 2 aromatic carbocycles. The molecule has 0 saturated heterocycles. The van der Waals surface area contributed by atoms with Crippen LogP contribution in [0, 0.1) is 13.8 Å². The number of amides is 1. The molecule has 0 saturated carbocycles. The minimum atomic E-state index is -3.86. The van der Waals surface area contributed by atoms with Crippen LogP contribution in [0.4, 0.5) is 5.69 Å². The van der Waals surface area contributed by atoms with Gasteiger partial charge in [0.25, 0.3) is 0 Å². The summed E-state index contributed by atoms with van der Waals surface area (Å²) in [7, 11) is 0.385. The van der Waals surface area contributed by atoms with Gasteiger partial charge in [-0.05, 0) is 49.2 Å². The van der Waals surface area contributed by atoms with Gasteiger partial charge in [-0.1, -0.05) is 6.07 Å². The van der Waals surface area contributed by atoms with E-state index in [0.29, 0.717) is 17.2 Å². The molecule has 0 fully saturated rings. The Morgan fingerprint density at radius 2 is 1.59 bits per heavy atom. The lowest BCUT2D eigenvalue weighted by atomic mass is 10.1. The largest absolute Gasteiger partial charge is 0.493 e. The van der Waals surface area contributed by atoms with Gasteiger partial charge in [0, 0.05) is 18.8 Å². The highest BCUT2D eigenvalue weighted by molar-refractivity contribution is 7.89. The summed E-state index contributed by atoms with van der Waals surface area (Å²) in [4.78, 5) is 12.3. The zero-order chi connectivity index (χ0) is 20.2. The molecule has 27 heavy (non-hydrogen) atoms. The van der Waals surface area contributed by atoms with Crippen LogP contribution >= 0.6 is 0 Å². The van der Waals surface area contributed by atoms with Gasteiger partial charge in [0.15, 0.2) is 11.5 Å². The van der Waals surface area contributed by atoms with Gasteiger partial charge in [-0.2, -0.15) is 4.31 Å². The van der Waals surface area contributed by atoms with E-state index in [0.717, 1.165) is 15.4 Å². The van der Waals surface area contributed by atoms with Crippen molar-refractivity contribution in [1.82, 2.24) is 4.31 Å². The van der Waals surface area contributed by atoms with Crippen molar-refractivity contribution in [2.45, 2.75) is 18.7 Å². The molecule has 0 atom stereocenters. The number of likely N-dealkylation sites (N-methyl/N-ethyl adjacent to an activating group) is 1. The van der Waals surface area contributed by atoms with Crippen LogP contribution in [0.1, 0.15) is 11.1 Å². The molecule has 0 heterocycles. The Morgan fingerprint density at radius 1 is 1.00 bits per heavy atom. The molecule has 2 aromatic rings. The molecule has 2 rings (SSSR count). The maximum atomic E-state index is 12.7. The fourth-order valence-electron chi connectivity index (χ4n) is 2.69. The normalized spacial score (nSPS) is 11.3. The third kappa shape index (κ3) is 4.99. The predicted molar refractivity (Wildman–Crippen MR) is 104 cm³/mol. The Hall–Kier alpha value is -2.58. The lowest BCUT2D eigenvalue weighted by Crippen LogP contribution is -2.35. The zero-order valence-electron chi connectivity index (χ0n) is 16.1. The molecule has 0 radical (unpaired) electrons. The Morgan fingerprint density at radius 3 is 2.15 bits per heavy atom. The monoisotopic (exact) mass is 392 g/mol. The van der Waals surface area contributed by atoms with Crippen LogP contribution in [0.25, 0.3) is 0 Å². The van der Waals surface area contributed by atoms with E-state index >= 15 is 0 Å². The average Bonchev–Trinajstić information content (AvgIpc) is 2.59. The SMILES string of the molecule is COc1ccc(S(=O)(=O)N(C)CC(=O)Nc2cc(C)cc(C)c2)cc1OC. The van der Waals surface area contributed by atoms with E-state index in [1.807, 2.05) is 32.0 Å². The standard InChI is InChI=1S/C19H24N2O5S/c1-13-8-14(2)10-15(9-13)20-19(22)12-21(3)27(23,24)16-6-7-17(25-4)18(11-16)26-5/h6-11H,12H2,1-5H3,(H,20,22). The molecular formula is C19H24N2O5S. The van der Waals surface area contributed by atoms with Gasteiger partial charge in [-0.3, -0.25) is 4.79 Å². The maximum Gasteiger partial charge on any atom is 0.243 e. The second-order valence-corrected chi connectivity index (χ2v) is 8.25. The number of ether oxygens (including phenoxy) is 2. The molecule has 0 bridgehead atoms. The second kappa shape index (κ2) is 8.41. The molecule has 0 spiro atoms. The predicted octanol–water partition coefficient (Wildman–Crippen LogP) is 2.58. The number of anilines is 1. The second-order valence-electron chi connectivity index (χ2n) is 6.20. The number of nitrogens with zero attached hydrogens (tertiary/aromatic N) is 1. The molecule has 7 nitrogen and oxygen atoms in total. The van der Waals surface area contributed by atoms with Crippen molar-refractivity contribution in [1.29, 1.82) is 0 Å². The van der Waals surface area contributed by atoms with Crippen molar-refractivity contribution in [2.75, 3.05) is 33.1 Å². The van der Waals surface area contributed by atoms with Gasteiger partial charge >= 0.3 is 0 Å². The summed E-state index contributed by atoms with van der Waals surface area (Å²) in [5, 5.41) is 2.73. The number of nitrogens with one attached hydrogen (secondary N) is 1. The van der Waals surface area contributed by atoms with Crippen molar-refractivity contribution < 1.29 is 22.7 Å². The molecule has 1 amide bonds. The first-order valence-electron chi connectivity index (χ1n) is 8.24. The van der Waals surface area contributed by atoms with E-state index in [1.165, 1.54) is 39.5 Å². The average molecular weight is 392 g/mol. The molecule has 0 aliphatic carbocycles. The van der Waals surface area contributed by atoms with Crippen LogP contribution in [-0.2, 0) is 14.8 Å². The summed E-state index contributed by atoms with van der Waals surface area (Å²) < 4.78 is 36.7. The Bertz CT molecular complexity index is 921. The minimum absolute atomic E-state index is 0.0156. The van der Waals surface area contributed by atoms with Gasteiger partial charge < -0.3 is 14.8 Å². The number of benzene rings is 2. The van der Waals surface area contributed by atoms with E-state index < -0.39 is 15.9 Å². The summed E-state index contributed by atoms with van der Waals surface area (Å²) in [6.45, 7) is 3.54. The maximum absolute atomic E-state index is 12.7. The molecule has 146 valence electrons. The van der Waals surface area contributed by atoms with Crippen molar-refractivity contribution >= 4 is 21.6 Å². The first-order valence-corrected chi connectivity index (χ1v) is 9.68. The zero-order valence-corrected chi connectivity index (χ0v) is 16.9. The van der Waals surface area contributed by atoms with E-state index in [9.17, 15) is 13.2 Å². The smallest absolute Gasteiger partial charge is 0.243 e. The van der Waals surface area contributed by atoms with Crippen LogP contribution in [0.15, 0.2) is 41.3 Å². The molecule has 0 unspecified atom stereocenters. The van der Waals surface area contributed by atoms with Crippen molar-refractivity contribution in [3.8, 4) is 11.5 Å². The summed E-state index contributed by atoms with van der Waals surface area (Å²) >= 11 is 0. The number of methoxy groups -OCH3 is 2. The number of hydrogen-bond acceptors (Lipinski definition) is 5. The summed E-state index contributed by atoms with van der Waals surface area (Å²) in [5.74, 6) is 0.296. The van der Waals surface area contributed by atoms with Crippen LogP contribution in [-0.4, -0.2) is 46.4 Å². The van der Waals surface area contributed by atoms with Crippen LogP contribution < -0.4 is 14.8 Å². The van der Waals surface area contributed by atoms with Gasteiger partial charge in [-0.15, -0.1) is 0 Å². The topological polar surface area (TPSA) is 84.9 Å². The fourth-order valence-corrected chi connectivity index (χ4v) is 3.83. The van der Waals surface area contributed by atoms with E-state index in [4.69, 9.17) is 9.47 Å². The van der Waals surface area contributed by atoms with E-state index in [2.05, 4.69) is 5.32 Å². The summed E-state index contributed by atoms with van der Waals surface area (Å²) in [6, 6.07) is 9.93. The Labute approximate surface area is 160 Å². The third-order valence-electron chi connectivity index (χ3n) is 3.93. The van der Waals surface area contributed by atoms with Crippen LogP contribution in [0.2, 0.25) is 0 Å². The number of hydrogen-bond donors (Lipinski definition) is 1. The summed E-state index contributed by atoms with van der Waals surface area (Å²) in [5.41, 5.74) is 2.66. The van der Waals surface area contributed by atoms with Crippen molar-refractivity contribution in [3.63, 3.8) is 0 Å². The van der Waals surface area contributed by atoms with Crippen LogP contribution in [0.5, 0.6) is 11.5 Å². The number of rotatable bonds is 7. The molecule has 0 aliphatic heterocycles. The molecule has 0 aromatic heterocycles. The lowest BCUT2D eigenvalue weighted by Gasteiger charge is -2.18. The van der Waals surface area contributed by atoms with Gasteiger partial charge in [0.05, 0.1) is 25.7 Å². The Kier molecular flexibility index (Phi) is 6.45. The minimum Gasteiger partial charge on any atom is -0.493 e. The quantitative estimate of drug-likeness (QED) is 0.783. The van der Waals surface area contributed by atoms with Gasteiger partial charge in [0.2, 0.25) is 15.9 Å². The molecule has 8 heteroatoms. The Balaban J connectivity index is 2.15. The molecule has 1 N–H and O–H groups in total. The number of carbonyl (C=O) groups excluding carboxylic acids is 1. The first-order chi connectivity index (χ1) is 12.7. The van der Waals surface area contributed by atoms with Crippen molar-refractivity contribution in [3.05, 3.63) is 47.5 Å².